The van der Waals surface area contributed by atoms with Crippen molar-refractivity contribution in [1.82, 2.24) is 8.75 Å². The number of aryl methyl sites for hydroxylation is 2. The van der Waals surface area contributed by atoms with Gasteiger partial charge in [0.25, 0.3) is 0 Å². The van der Waals surface area contributed by atoms with Crippen molar-refractivity contribution in [2.75, 3.05) is 0 Å². The highest BCUT2D eigenvalue weighted by Gasteiger charge is 2.13. The van der Waals surface area contributed by atoms with Crippen molar-refractivity contribution >= 4 is 53.0 Å². The maximum atomic E-state index is 4.31. The Bertz CT molecular complexity index is 522. The first-order chi connectivity index (χ1) is 8.20. The SMILES string of the molecule is C=Cc1c(C=C)c(C)c2nsnc2c1C.C=S. The topological polar surface area (TPSA) is 25.8 Å². The lowest BCUT2D eigenvalue weighted by atomic mass is 9.95. The van der Waals surface area contributed by atoms with E-state index in [2.05, 4.69) is 40.0 Å². The van der Waals surface area contributed by atoms with E-state index in [4.69, 9.17) is 0 Å². The zero-order valence-electron chi connectivity index (χ0n) is 9.99. The van der Waals surface area contributed by atoms with Gasteiger partial charge in [0.15, 0.2) is 0 Å². The summed E-state index contributed by atoms with van der Waals surface area (Å²) in [6, 6.07) is 0. The van der Waals surface area contributed by atoms with Crippen LogP contribution in [0.5, 0.6) is 0 Å². The summed E-state index contributed by atoms with van der Waals surface area (Å²) in [4.78, 5) is 0. The Hall–Kier alpha value is -1.39. The van der Waals surface area contributed by atoms with Crippen molar-refractivity contribution in [2.45, 2.75) is 13.8 Å². The van der Waals surface area contributed by atoms with Gasteiger partial charge in [0.05, 0.1) is 11.7 Å². The zero-order valence-corrected chi connectivity index (χ0v) is 11.6. The molecule has 0 radical (unpaired) electrons. The molecule has 88 valence electrons. The van der Waals surface area contributed by atoms with Crippen LogP contribution in [0.15, 0.2) is 13.2 Å². The number of hydrogen-bond acceptors (Lipinski definition) is 4. The molecule has 0 aliphatic carbocycles. The van der Waals surface area contributed by atoms with E-state index in [1.807, 2.05) is 26.0 Å². The standard InChI is InChI=1S/C12H12N2S.CH2S/c1-5-9-7(3)11-12(14-15-13-11)8(4)10(9)6-2;1-2/h5-6H,1-2H2,3-4H3;1H2. The van der Waals surface area contributed by atoms with Crippen LogP contribution in [-0.2, 0) is 0 Å². The van der Waals surface area contributed by atoms with Gasteiger partial charge in [-0.3, -0.25) is 0 Å². The van der Waals surface area contributed by atoms with Crippen molar-refractivity contribution in [3.8, 4) is 0 Å². The third kappa shape index (κ3) is 2.18. The Morgan fingerprint density at radius 1 is 0.941 bits per heavy atom. The minimum atomic E-state index is 0.984. The highest BCUT2D eigenvalue weighted by atomic mass is 32.1. The van der Waals surface area contributed by atoms with Crippen LogP contribution in [0.3, 0.4) is 0 Å². The number of nitrogens with zero attached hydrogens (tertiary/aromatic N) is 2. The van der Waals surface area contributed by atoms with Gasteiger partial charge in [-0.2, -0.15) is 8.75 Å². The summed E-state index contributed by atoms with van der Waals surface area (Å²) in [5.74, 6) is 2.83. The van der Waals surface area contributed by atoms with Crippen LogP contribution in [0, 0.1) is 13.8 Å². The molecule has 4 heteroatoms. The summed E-state index contributed by atoms with van der Waals surface area (Å²) in [6.07, 6.45) is 3.72. The molecule has 0 bridgehead atoms. The Labute approximate surface area is 111 Å². The summed E-state index contributed by atoms with van der Waals surface area (Å²) in [5, 5.41) is 0. The minimum absolute atomic E-state index is 0.984. The smallest absolute Gasteiger partial charge is 0.108 e. The predicted molar refractivity (Wildman–Crippen MR) is 81.8 cm³/mol. The molecular weight excluding hydrogens is 248 g/mol. The molecule has 0 aliphatic rings. The summed E-state index contributed by atoms with van der Waals surface area (Å²) in [5.41, 5.74) is 6.46. The van der Waals surface area contributed by atoms with Gasteiger partial charge in [-0.15, -0.1) is 0 Å². The molecule has 0 atom stereocenters. The molecule has 0 N–H and O–H groups in total. The molecule has 2 aromatic rings. The van der Waals surface area contributed by atoms with Crippen LogP contribution in [-0.4, -0.2) is 14.6 Å². The lowest BCUT2D eigenvalue weighted by Gasteiger charge is -2.09. The number of benzene rings is 1. The van der Waals surface area contributed by atoms with Crippen LogP contribution in [0.4, 0.5) is 0 Å². The van der Waals surface area contributed by atoms with E-state index in [9.17, 15) is 0 Å². The summed E-state index contributed by atoms with van der Waals surface area (Å²) < 4.78 is 8.62. The highest BCUT2D eigenvalue weighted by molar-refractivity contribution is 7.77. The summed E-state index contributed by atoms with van der Waals surface area (Å²) in [6.45, 7) is 11.8. The number of thiocarbonyl (C=S) groups is 1. The molecular formula is C13H14N2S2. The van der Waals surface area contributed by atoms with E-state index in [-0.39, 0.29) is 0 Å². The monoisotopic (exact) mass is 262 g/mol. The molecule has 0 fully saturated rings. The lowest BCUT2D eigenvalue weighted by Crippen LogP contribution is -1.93. The maximum Gasteiger partial charge on any atom is 0.108 e. The molecule has 2 nitrogen and oxygen atoms in total. The molecule has 1 aromatic heterocycles. The predicted octanol–water partition coefficient (Wildman–Crippen LogP) is 4.21. The Morgan fingerprint density at radius 2 is 1.29 bits per heavy atom. The van der Waals surface area contributed by atoms with E-state index in [1.165, 1.54) is 11.7 Å². The first-order valence-corrected chi connectivity index (χ1v) is 6.30. The summed E-state index contributed by atoms with van der Waals surface area (Å²) >= 11 is 5.08. The largest absolute Gasteiger partial charge is 0.173 e. The fourth-order valence-electron chi connectivity index (χ4n) is 1.87. The number of hydrogen-bond donors (Lipinski definition) is 0. The molecule has 0 unspecified atom stereocenters. The first kappa shape index (κ1) is 13.7. The van der Waals surface area contributed by atoms with E-state index in [0.717, 1.165) is 33.3 Å². The Balaban J connectivity index is 0.000000686. The first-order valence-electron chi connectivity index (χ1n) is 4.99. The van der Waals surface area contributed by atoms with E-state index >= 15 is 0 Å². The Kier molecular flexibility index (Phi) is 4.66. The molecule has 17 heavy (non-hydrogen) atoms. The van der Waals surface area contributed by atoms with Crippen molar-refractivity contribution in [1.29, 1.82) is 0 Å². The molecule has 0 saturated carbocycles. The third-order valence-electron chi connectivity index (χ3n) is 2.71. The molecule has 1 aromatic carbocycles. The second-order valence-electron chi connectivity index (χ2n) is 3.45. The van der Waals surface area contributed by atoms with Crippen molar-refractivity contribution in [3.05, 3.63) is 35.4 Å². The van der Waals surface area contributed by atoms with Crippen LogP contribution in [0.2, 0.25) is 0 Å². The van der Waals surface area contributed by atoms with Gasteiger partial charge in [0, 0.05) is 0 Å². The number of aromatic nitrogens is 2. The molecule has 0 aliphatic heterocycles. The van der Waals surface area contributed by atoms with Gasteiger partial charge in [0.1, 0.15) is 11.0 Å². The molecule has 2 rings (SSSR count). The molecule has 0 amide bonds. The fraction of sp³-hybridized carbons (Fsp3) is 0.154. The second-order valence-corrected chi connectivity index (χ2v) is 3.98. The van der Waals surface area contributed by atoms with E-state index in [0.29, 0.717) is 0 Å². The average molecular weight is 262 g/mol. The van der Waals surface area contributed by atoms with Crippen LogP contribution in [0.25, 0.3) is 23.2 Å². The average Bonchev–Trinajstić information content (AvgIpc) is 2.85. The molecule has 1 heterocycles. The van der Waals surface area contributed by atoms with Crippen LogP contribution in [0.1, 0.15) is 22.3 Å². The van der Waals surface area contributed by atoms with Gasteiger partial charge < -0.3 is 0 Å². The molecule has 0 saturated heterocycles. The van der Waals surface area contributed by atoms with Crippen molar-refractivity contribution < 1.29 is 0 Å². The minimum Gasteiger partial charge on any atom is -0.173 e. The summed E-state index contributed by atoms with van der Waals surface area (Å²) in [7, 11) is 0. The maximum absolute atomic E-state index is 4.31. The quantitative estimate of drug-likeness (QED) is 0.758. The van der Waals surface area contributed by atoms with Gasteiger partial charge in [-0.1, -0.05) is 37.5 Å². The van der Waals surface area contributed by atoms with Gasteiger partial charge in [-0.05, 0) is 42.0 Å². The highest BCUT2D eigenvalue weighted by Crippen LogP contribution is 2.29. The van der Waals surface area contributed by atoms with Crippen molar-refractivity contribution in [2.24, 2.45) is 0 Å². The zero-order chi connectivity index (χ0) is 13.0. The van der Waals surface area contributed by atoms with Gasteiger partial charge >= 0.3 is 0 Å². The second kappa shape index (κ2) is 5.80. The normalized spacial score (nSPS) is 9.53. The van der Waals surface area contributed by atoms with Crippen molar-refractivity contribution in [3.63, 3.8) is 0 Å². The van der Waals surface area contributed by atoms with E-state index in [1.54, 1.807) is 0 Å². The van der Waals surface area contributed by atoms with Crippen LogP contribution < -0.4 is 0 Å². The van der Waals surface area contributed by atoms with Gasteiger partial charge in [0.2, 0.25) is 0 Å². The third-order valence-corrected chi connectivity index (χ3v) is 3.23. The Morgan fingerprint density at radius 3 is 1.59 bits per heavy atom. The fourth-order valence-corrected chi connectivity index (χ4v) is 2.52. The van der Waals surface area contributed by atoms with Gasteiger partial charge in [-0.25, -0.2) is 0 Å². The molecule has 0 spiro atoms. The lowest BCUT2D eigenvalue weighted by molar-refractivity contribution is 1.38. The van der Waals surface area contributed by atoms with Crippen LogP contribution >= 0.6 is 23.9 Å². The number of fused-ring (bicyclic) bond motifs is 1. The number of rotatable bonds is 2. The van der Waals surface area contributed by atoms with E-state index < -0.39 is 0 Å².